The van der Waals surface area contributed by atoms with Crippen molar-refractivity contribution in [2.45, 2.75) is 36.6 Å². The van der Waals surface area contributed by atoms with Crippen molar-refractivity contribution in [2.24, 2.45) is 0 Å². The van der Waals surface area contributed by atoms with Gasteiger partial charge < -0.3 is 10.6 Å². The lowest BCUT2D eigenvalue weighted by Crippen LogP contribution is -2.52. The Morgan fingerprint density at radius 1 is 1.05 bits per heavy atom. The molecule has 1 fully saturated rings. The van der Waals surface area contributed by atoms with Crippen LogP contribution in [0.4, 0.5) is 0 Å². The Morgan fingerprint density at radius 3 is 2.45 bits per heavy atom. The monoisotopic (exact) mass is 354 g/mol. The Morgan fingerprint density at radius 2 is 1.73 bits per heavy atom. The number of benzene rings is 1. The molecule has 1 aliphatic carbocycles. The zero-order chi connectivity index (χ0) is 15.6. The van der Waals surface area contributed by atoms with E-state index in [2.05, 4.69) is 33.6 Å². The van der Waals surface area contributed by atoms with Crippen LogP contribution in [0, 0.1) is 0 Å². The van der Waals surface area contributed by atoms with Crippen molar-refractivity contribution < 1.29 is 0 Å². The minimum Gasteiger partial charge on any atom is -0.361 e. The first-order chi connectivity index (χ1) is 10.7. The molecule has 0 spiro atoms. The average Bonchev–Trinajstić information content (AvgIpc) is 3.03. The van der Waals surface area contributed by atoms with Gasteiger partial charge >= 0.3 is 0 Å². The first-order valence-electron chi connectivity index (χ1n) is 7.52. The van der Waals surface area contributed by atoms with Crippen molar-refractivity contribution in [3.05, 3.63) is 30.3 Å². The molecule has 0 radical (unpaired) electrons. The lowest BCUT2D eigenvalue weighted by atomic mass is 10.3. The highest BCUT2D eigenvalue weighted by Crippen LogP contribution is 2.17. The van der Waals surface area contributed by atoms with E-state index in [0.717, 1.165) is 12.3 Å². The number of hydrogen-bond acceptors (Lipinski definition) is 3. The number of hydrazine groups is 1. The molecule has 1 aromatic carbocycles. The summed E-state index contributed by atoms with van der Waals surface area (Å²) >= 11 is 12.2. The van der Waals surface area contributed by atoms with E-state index in [-0.39, 0.29) is 0 Å². The lowest BCUT2D eigenvalue weighted by molar-refractivity contribution is 0.617. The summed E-state index contributed by atoms with van der Waals surface area (Å²) in [6.45, 7) is 0.801. The first-order valence-corrected chi connectivity index (χ1v) is 9.32. The number of rotatable bonds is 5. The third kappa shape index (κ3) is 6.81. The van der Waals surface area contributed by atoms with Gasteiger partial charge in [-0.25, -0.2) is 0 Å². The molecular formula is C15H22N4S3. The van der Waals surface area contributed by atoms with Crippen molar-refractivity contribution in [1.29, 1.82) is 0 Å². The van der Waals surface area contributed by atoms with Crippen LogP contribution in [-0.4, -0.2) is 28.6 Å². The summed E-state index contributed by atoms with van der Waals surface area (Å²) in [5.74, 6) is 0.955. The number of thiocarbonyl (C=S) groups is 2. The van der Waals surface area contributed by atoms with E-state index >= 15 is 0 Å². The molecule has 0 atom stereocenters. The first kappa shape index (κ1) is 17.3. The molecule has 4 nitrogen and oxygen atoms in total. The molecule has 0 saturated heterocycles. The summed E-state index contributed by atoms with van der Waals surface area (Å²) in [6, 6.07) is 10.8. The van der Waals surface area contributed by atoms with Crippen LogP contribution in [0.2, 0.25) is 0 Å². The molecule has 2 rings (SSSR count). The van der Waals surface area contributed by atoms with Gasteiger partial charge in [-0.05, 0) is 49.4 Å². The molecule has 4 N–H and O–H groups in total. The maximum Gasteiger partial charge on any atom is 0.185 e. The summed E-state index contributed by atoms with van der Waals surface area (Å²) in [5, 5.41) is 7.61. The molecule has 1 aromatic rings. The molecule has 0 heterocycles. The second-order valence-electron chi connectivity index (χ2n) is 5.12. The van der Waals surface area contributed by atoms with Crippen LogP contribution >= 0.6 is 36.2 Å². The Balaban J connectivity index is 1.51. The third-order valence-electron chi connectivity index (χ3n) is 3.38. The highest BCUT2D eigenvalue weighted by atomic mass is 32.2. The Labute approximate surface area is 147 Å². The summed E-state index contributed by atoms with van der Waals surface area (Å²) in [5.41, 5.74) is 5.84. The molecule has 1 aliphatic rings. The average molecular weight is 355 g/mol. The van der Waals surface area contributed by atoms with Crippen LogP contribution in [0.25, 0.3) is 0 Å². The van der Waals surface area contributed by atoms with Crippen molar-refractivity contribution in [3.63, 3.8) is 0 Å². The van der Waals surface area contributed by atoms with E-state index in [0.29, 0.717) is 16.3 Å². The van der Waals surface area contributed by atoms with Gasteiger partial charge in [0.2, 0.25) is 0 Å². The predicted molar refractivity (Wildman–Crippen MR) is 102 cm³/mol. The van der Waals surface area contributed by atoms with Crippen LogP contribution in [0.3, 0.4) is 0 Å². The van der Waals surface area contributed by atoms with E-state index in [9.17, 15) is 0 Å². The smallest absolute Gasteiger partial charge is 0.185 e. The van der Waals surface area contributed by atoms with E-state index in [4.69, 9.17) is 24.4 Å². The number of nitrogens with one attached hydrogen (secondary N) is 4. The molecular weight excluding hydrogens is 332 g/mol. The molecule has 7 heteroatoms. The van der Waals surface area contributed by atoms with Gasteiger partial charge in [0.05, 0.1) is 0 Å². The summed E-state index contributed by atoms with van der Waals surface area (Å²) in [6.07, 6.45) is 4.96. The number of thioether (sulfide) groups is 1. The van der Waals surface area contributed by atoms with Crippen molar-refractivity contribution in [2.75, 3.05) is 12.3 Å². The van der Waals surface area contributed by atoms with Crippen molar-refractivity contribution in [1.82, 2.24) is 21.5 Å². The van der Waals surface area contributed by atoms with Crippen LogP contribution < -0.4 is 21.5 Å². The number of hydrogen-bond donors (Lipinski definition) is 4. The standard InChI is InChI=1S/C15H22N4S3/c20-14(16-10-11-22-13-8-2-1-3-9-13)18-19-15(21)17-12-6-4-5-7-12/h1-3,8-9,12H,4-7,10-11H2,(H2,16,18,20)(H2,17,19,21). The Kier molecular flexibility index (Phi) is 7.76. The summed E-state index contributed by atoms with van der Waals surface area (Å²) in [7, 11) is 0. The van der Waals surface area contributed by atoms with Crippen LogP contribution in [-0.2, 0) is 0 Å². The van der Waals surface area contributed by atoms with E-state index < -0.39 is 0 Å². The van der Waals surface area contributed by atoms with Gasteiger partial charge in [-0.2, -0.15) is 0 Å². The van der Waals surface area contributed by atoms with Gasteiger partial charge in [-0.1, -0.05) is 31.0 Å². The lowest BCUT2D eigenvalue weighted by Gasteiger charge is -2.17. The van der Waals surface area contributed by atoms with Gasteiger partial charge in [0, 0.05) is 23.2 Å². The topological polar surface area (TPSA) is 48.1 Å². The maximum atomic E-state index is 5.23. The molecule has 22 heavy (non-hydrogen) atoms. The van der Waals surface area contributed by atoms with E-state index in [1.54, 1.807) is 11.8 Å². The second kappa shape index (κ2) is 9.86. The molecule has 0 unspecified atom stereocenters. The highest BCUT2D eigenvalue weighted by molar-refractivity contribution is 7.99. The van der Waals surface area contributed by atoms with Crippen molar-refractivity contribution >= 4 is 46.4 Å². The fourth-order valence-electron chi connectivity index (χ4n) is 2.30. The largest absolute Gasteiger partial charge is 0.361 e. The maximum absolute atomic E-state index is 5.23. The van der Waals surface area contributed by atoms with Crippen molar-refractivity contribution in [3.8, 4) is 0 Å². The zero-order valence-electron chi connectivity index (χ0n) is 12.4. The van der Waals surface area contributed by atoms with E-state index in [1.807, 2.05) is 18.2 Å². The Hall–Kier alpha value is -1.05. The molecule has 0 aromatic heterocycles. The molecule has 0 aliphatic heterocycles. The van der Waals surface area contributed by atoms with Crippen LogP contribution in [0.5, 0.6) is 0 Å². The molecule has 1 saturated carbocycles. The summed E-state index contributed by atoms with van der Waals surface area (Å²) in [4.78, 5) is 1.27. The third-order valence-corrected chi connectivity index (χ3v) is 4.86. The Bertz CT molecular complexity index is 475. The fourth-order valence-corrected chi connectivity index (χ4v) is 3.46. The summed E-state index contributed by atoms with van der Waals surface area (Å²) < 4.78 is 0. The van der Waals surface area contributed by atoms with Gasteiger partial charge in [-0.3, -0.25) is 10.9 Å². The van der Waals surface area contributed by atoms with Gasteiger partial charge in [0.15, 0.2) is 10.2 Å². The normalized spacial score (nSPS) is 14.4. The van der Waals surface area contributed by atoms with Crippen LogP contribution in [0.1, 0.15) is 25.7 Å². The highest BCUT2D eigenvalue weighted by Gasteiger charge is 2.15. The molecule has 0 amide bonds. The molecule has 120 valence electrons. The van der Waals surface area contributed by atoms with Gasteiger partial charge in [-0.15, -0.1) is 11.8 Å². The predicted octanol–water partition coefficient (Wildman–Crippen LogP) is 2.56. The van der Waals surface area contributed by atoms with Gasteiger partial charge in [0.25, 0.3) is 0 Å². The fraction of sp³-hybridized carbons (Fsp3) is 0.467. The van der Waals surface area contributed by atoms with Crippen LogP contribution in [0.15, 0.2) is 35.2 Å². The molecule has 0 bridgehead atoms. The van der Waals surface area contributed by atoms with Gasteiger partial charge in [0.1, 0.15) is 0 Å². The van der Waals surface area contributed by atoms with E-state index in [1.165, 1.54) is 30.6 Å². The minimum absolute atomic E-state index is 0.505. The zero-order valence-corrected chi connectivity index (χ0v) is 14.9. The SMILES string of the molecule is S=C(NCCSc1ccccc1)NNC(=S)NC1CCCC1. The quantitative estimate of drug-likeness (QED) is 0.281. The second-order valence-corrected chi connectivity index (χ2v) is 7.11. The minimum atomic E-state index is 0.505.